The molecule has 3 aromatic heterocycles. The van der Waals surface area contributed by atoms with Crippen LogP contribution in [0.2, 0.25) is 0 Å². The molecule has 0 amide bonds. The van der Waals surface area contributed by atoms with Crippen molar-refractivity contribution in [1.82, 2.24) is 15.0 Å². The third-order valence-electron chi connectivity index (χ3n) is 9.43. The fraction of sp³-hybridized carbons (Fsp3) is 0. The zero-order chi connectivity index (χ0) is 30.2. The summed E-state index contributed by atoms with van der Waals surface area (Å²) in [5, 5.41) is 10.8. The van der Waals surface area contributed by atoms with Gasteiger partial charge in [0, 0.05) is 33.5 Å². The molecule has 0 atom stereocenters. The van der Waals surface area contributed by atoms with Crippen LogP contribution in [0.4, 0.5) is 0 Å². The third-order valence-corrected chi connectivity index (χ3v) is 9.43. The van der Waals surface area contributed by atoms with E-state index >= 15 is 0 Å². The highest BCUT2D eigenvalue weighted by Crippen LogP contribution is 2.42. The van der Waals surface area contributed by atoms with E-state index < -0.39 is 0 Å². The summed E-state index contributed by atoms with van der Waals surface area (Å²) < 4.78 is 0. The van der Waals surface area contributed by atoms with Crippen LogP contribution < -0.4 is 0 Å². The summed E-state index contributed by atoms with van der Waals surface area (Å²) in [5.41, 5.74) is 9.23. The molecule has 0 aliphatic rings. The van der Waals surface area contributed by atoms with Gasteiger partial charge in [-0.2, -0.15) is 0 Å². The van der Waals surface area contributed by atoms with Crippen LogP contribution in [0.5, 0.6) is 0 Å². The first-order valence-electron chi connectivity index (χ1n) is 15.6. The molecule has 0 saturated carbocycles. The van der Waals surface area contributed by atoms with E-state index in [0.29, 0.717) is 0 Å². The average Bonchev–Trinajstić information content (AvgIpc) is 3.13. The van der Waals surface area contributed by atoms with Crippen LogP contribution in [0.25, 0.3) is 98.7 Å². The summed E-state index contributed by atoms with van der Waals surface area (Å²) in [5.74, 6) is 0. The molecule has 0 bridgehead atoms. The van der Waals surface area contributed by atoms with E-state index in [0.717, 1.165) is 55.2 Å². The van der Waals surface area contributed by atoms with Gasteiger partial charge >= 0.3 is 0 Å². The lowest BCUT2D eigenvalue weighted by Crippen LogP contribution is -1.93. The molecule has 0 N–H and O–H groups in total. The molecule has 212 valence electrons. The van der Waals surface area contributed by atoms with Gasteiger partial charge in [-0.15, -0.1) is 0 Å². The molecular formula is C43H25N3. The Bertz CT molecular complexity index is 2800. The standard InChI is InChI=1S/C43H25N3/c1-2-6-26(7-3-1)33-18-12-27-15-21-36-34(19-13-28-14-20-35(33)40(27)41(28)36)39-23-17-30-11-10-29-16-22-38(45-42(29)43(30)46-39)32-24-31-8-4-5-9-37(31)44-25-32/h1-25H. The smallest absolute Gasteiger partial charge is 0.0972 e. The molecule has 3 heteroatoms. The first-order chi connectivity index (χ1) is 22.8. The van der Waals surface area contributed by atoms with E-state index in [9.17, 15) is 0 Å². The van der Waals surface area contributed by atoms with Crippen molar-refractivity contribution in [3.8, 4) is 33.6 Å². The SMILES string of the molecule is c1ccc(-c2ccc3ccc4c(-c5ccc6ccc7ccc(-c8cnc9ccccc9c8)nc7c6n5)ccc5ccc2c3c54)cc1. The van der Waals surface area contributed by atoms with E-state index in [1.165, 1.54) is 43.4 Å². The second-order valence-electron chi connectivity index (χ2n) is 12.0. The fourth-order valence-corrected chi connectivity index (χ4v) is 7.18. The number of nitrogens with zero attached hydrogens (tertiary/aromatic N) is 3. The van der Waals surface area contributed by atoms with Crippen LogP contribution in [0.1, 0.15) is 0 Å². The number of hydrogen-bond donors (Lipinski definition) is 0. The Morgan fingerprint density at radius 3 is 1.70 bits per heavy atom. The maximum Gasteiger partial charge on any atom is 0.0972 e. The lowest BCUT2D eigenvalue weighted by Gasteiger charge is -2.16. The summed E-state index contributed by atoms with van der Waals surface area (Å²) in [4.78, 5) is 15.2. The number of hydrogen-bond acceptors (Lipinski definition) is 3. The zero-order valence-electron chi connectivity index (χ0n) is 24.8. The molecule has 0 unspecified atom stereocenters. The summed E-state index contributed by atoms with van der Waals surface area (Å²) >= 11 is 0. The van der Waals surface area contributed by atoms with Crippen molar-refractivity contribution in [3.63, 3.8) is 0 Å². The molecule has 3 heterocycles. The molecule has 46 heavy (non-hydrogen) atoms. The van der Waals surface area contributed by atoms with E-state index in [1.54, 1.807) is 0 Å². The van der Waals surface area contributed by atoms with E-state index in [-0.39, 0.29) is 0 Å². The van der Waals surface area contributed by atoms with Crippen molar-refractivity contribution in [2.45, 2.75) is 0 Å². The molecule has 0 aliphatic carbocycles. The number of pyridine rings is 3. The number of rotatable bonds is 3. The van der Waals surface area contributed by atoms with E-state index in [4.69, 9.17) is 9.97 Å². The van der Waals surface area contributed by atoms with Gasteiger partial charge in [0.25, 0.3) is 0 Å². The summed E-state index contributed by atoms with van der Waals surface area (Å²) in [7, 11) is 0. The lowest BCUT2D eigenvalue weighted by atomic mass is 9.88. The summed E-state index contributed by atoms with van der Waals surface area (Å²) in [6.45, 7) is 0. The Hall–Kier alpha value is -6.19. The average molecular weight is 584 g/mol. The molecule has 7 aromatic carbocycles. The van der Waals surface area contributed by atoms with Crippen LogP contribution in [-0.4, -0.2) is 15.0 Å². The fourth-order valence-electron chi connectivity index (χ4n) is 7.18. The largest absolute Gasteiger partial charge is 0.256 e. The number of fused-ring (bicyclic) bond motifs is 4. The third kappa shape index (κ3) is 3.75. The van der Waals surface area contributed by atoms with Crippen molar-refractivity contribution in [2.24, 2.45) is 0 Å². The van der Waals surface area contributed by atoms with Crippen LogP contribution in [0, 0.1) is 0 Å². The highest BCUT2D eigenvalue weighted by atomic mass is 14.8. The topological polar surface area (TPSA) is 38.7 Å². The predicted octanol–water partition coefficient (Wildman–Crippen LogP) is 11.2. The maximum absolute atomic E-state index is 5.33. The summed E-state index contributed by atoms with van der Waals surface area (Å²) in [6.07, 6.45) is 1.91. The van der Waals surface area contributed by atoms with E-state index in [1.807, 2.05) is 24.4 Å². The van der Waals surface area contributed by atoms with Crippen molar-refractivity contribution in [3.05, 3.63) is 152 Å². The second-order valence-corrected chi connectivity index (χ2v) is 12.0. The first-order valence-corrected chi connectivity index (χ1v) is 15.6. The molecule has 0 spiro atoms. The molecule has 10 rings (SSSR count). The minimum absolute atomic E-state index is 0.891. The minimum Gasteiger partial charge on any atom is -0.256 e. The summed E-state index contributed by atoms with van der Waals surface area (Å²) in [6, 6.07) is 51.9. The van der Waals surface area contributed by atoms with Crippen LogP contribution in [0.15, 0.2) is 152 Å². The quantitative estimate of drug-likeness (QED) is 0.194. The minimum atomic E-state index is 0.891. The Morgan fingerprint density at radius 2 is 0.935 bits per heavy atom. The van der Waals surface area contributed by atoms with Gasteiger partial charge in [-0.05, 0) is 67.7 Å². The molecule has 0 saturated heterocycles. The van der Waals surface area contributed by atoms with Crippen molar-refractivity contribution >= 4 is 65.0 Å². The molecule has 0 aliphatic heterocycles. The zero-order valence-corrected chi connectivity index (χ0v) is 24.8. The molecule has 0 radical (unpaired) electrons. The van der Waals surface area contributed by atoms with Gasteiger partial charge in [0.2, 0.25) is 0 Å². The number of aromatic nitrogens is 3. The van der Waals surface area contributed by atoms with Gasteiger partial charge in [-0.25, -0.2) is 9.97 Å². The molecule has 0 fully saturated rings. The number of para-hydroxylation sites is 1. The van der Waals surface area contributed by atoms with Crippen LogP contribution in [0.3, 0.4) is 0 Å². The van der Waals surface area contributed by atoms with Gasteiger partial charge in [0.1, 0.15) is 0 Å². The monoisotopic (exact) mass is 583 g/mol. The van der Waals surface area contributed by atoms with Crippen molar-refractivity contribution in [1.29, 1.82) is 0 Å². The normalized spacial score (nSPS) is 11.9. The second kappa shape index (κ2) is 9.65. The van der Waals surface area contributed by atoms with Crippen LogP contribution >= 0.6 is 0 Å². The molecule has 10 aromatic rings. The van der Waals surface area contributed by atoms with Crippen LogP contribution in [-0.2, 0) is 0 Å². The van der Waals surface area contributed by atoms with Gasteiger partial charge < -0.3 is 0 Å². The van der Waals surface area contributed by atoms with Crippen molar-refractivity contribution < 1.29 is 0 Å². The maximum atomic E-state index is 5.33. The Morgan fingerprint density at radius 1 is 0.370 bits per heavy atom. The molecule has 3 nitrogen and oxygen atoms in total. The van der Waals surface area contributed by atoms with Gasteiger partial charge in [-0.1, -0.05) is 121 Å². The Kier molecular flexibility index (Phi) is 5.28. The lowest BCUT2D eigenvalue weighted by molar-refractivity contribution is 1.34. The predicted molar refractivity (Wildman–Crippen MR) is 192 cm³/mol. The Balaban J connectivity index is 1.18. The first kappa shape index (κ1) is 25.2. The van der Waals surface area contributed by atoms with Gasteiger partial charge in [-0.3, -0.25) is 4.98 Å². The highest BCUT2D eigenvalue weighted by molar-refractivity contribution is 6.27. The Labute approximate surface area is 264 Å². The van der Waals surface area contributed by atoms with Gasteiger partial charge in [0.15, 0.2) is 0 Å². The highest BCUT2D eigenvalue weighted by Gasteiger charge is 2.16. The van der Waals surface area contributed by atoms with Gasteiger partial charge in [0.05, 0.1) is 27.9 Å². The van der Waals surface area contributed by atoms with E-state index in [2.05, 4.69) is 132 Å². The molecular weight excluding hydrogens is 558 g/mol. The van der Waals surface area contributed by atoms with Crippen molar-refractivity contribution in [2.75, 3.05) is 0 Å². The number of benzene rings is 7.